The summed E-state index contributed by atoms with van der Waals surface area (Å²) in [6.07, 6.45) is 3.52. The van der Waals surface area contributed by atoms with Crippen LogP contribution in [0, 0.1) is 0 Å². The van der Waals surface area contributed by atoms with Gasteiger partial charge in [0.25, 0.3) is 0 Å². The molecule has 0 spiro atoms. The molecule has 0 aromatic carbocycles. The van der Waals surface area contributed by atoms with Crippen LogP contribution in [-0.4, -0.2) is 15.0 Å². The predicted molar refractivity (Wildman–Crippen MR) is 78.4 cm³/mol. The van der Waals surface area contributed by atoms with E-state index >= 15 is 0 Å². The Balaban J connectivity index is 2.06. The predicted octanol–water partition coefficient (Wildman–Crippen LogP) is 3.97. The largest absolute Gasteiger partial charge is 0.255 e. The summed E-state index contributed by atoms with van der Waals surface area (Å²) in [7, 11) is 0. The molecule has 19 heavy (non-hydrogen) atoms. The molecule has 0 radical (unpaired) electrons. The molecule has 4 heteroatoms. The molecule has 0 aliphatic carbocycles. The Kier molecular flexibility index (Phi) is 3.33. The fourth-order valence-electron chi connectivity index (χ4n) is 1.78. The zero-order chi connectivity index (χ0) is 13.1. The van der Waals surface area contributed by atoms with Gasteiger partial charge < -0.3 is 0 Å². The first-order valence-electron chi connectivity index (χ1n) is 5.83. The third kappa shape index (κ3) is 2.69. The smallest absolute Gasteiger partial charge is 0.0897 e. The monoisotopic (exact) mass is 311 g/mol. The minimum atomic E-state index is 0.837. The first-order chi connectivity index (χ1) is 9.33. The number of hydrogen-bond donors (Lipinski definition) is 0. The van der Waals surface area contributed by atoms with Gasteiger partial charge in [-0.1, -0.05) is 28.1 Å². The van der Waals surface area contributed by atoms with E-state index in [-0.39, 0.29) is 0 Å². The van der Waals surface area contributed by atoms with Gasteiger partial charge in [-0.3, -0.25) is 9.97 Å². The Morgan fingerprint density at radius 3 is 2.16 bits per heavy atom. The lowest BCUT2D eigenvalue weighted by atomic mass is 10.2. The number of aromatic nitrogens is 3. The van der Waals surface area contributed by atoms with Crippen molar-refractivity contribution in [3.63, 3.8) is 0 Å². The fourth-order valence-corrected chi connectivity index (χ4v) is 2.11. The number of halogens is 1. The van der Waals surface area contributed by atoms with Crippen molar-refractivity contribution in [3.8, 4) is 22.8 Å². The van der Waals surface area contributed by atoms with E-state index in [0.717, 1.165) is 27.2 Å². The van der Waals surface area contributed by atoms with Crippen LogP contribution >= 0.6 is 15.9 Å². The summed E-state index contributed by atoms with van der Waals surface area (Å²) in [5.74, 6) is 0. The maximum Gasteiger partial charge on any atom is 0.0897 e. The van der Waals surface area contributed by atoms with Crippen molar-refractivity contribution in [1.82, 2.24) is 15.0 Å². The van der Waals surface area contributed by atoms with Crippen LogP contribution in [-0.2, 0) is 0 Å². The molecular formula is C15H10BrN3. The van der Waals surface area contributed by atoms with E-state index in [1.54, 1.807) is 12.4 Å². The molecule has 0 amide bonds. The summed E-state index contributed by atoms with van der Waals surface area (Å²) in [6, 6.07) is 15.5. The minimum Gasteiger partial charge on any atom is -0.255 e. The molecule has 0 N–H and O–H groups in total. The Bertz CT molecular complexity index is 699. The average Bonchev–Trinajstić information content (AvgIpc) is 2.48. The molecule has 0 aliphatic rings. The molecule has 0 bridgehead atoms. The highest BCUT2D eigenvalue weighted by molar-refractivity contribution is 9.10. The van der Waals surface area contributed by atoms with Crippen molar-refractivity contribution in [1.29, 1.82) is 0 Å². The lowest BCUT2D eigenvalue weighted by Crippen LogP contribution is -1.91. The van der Waals surface area contributed by atoms with Crippen LogP contribution in [0.15, 0.2) is 65.4 Å². The van der Waals surface area contributed by atoms with E-state index in [2.05, 4.69) is 30.9 Å². The first kappa shape index (κ1) is 12.0. The topological polar surface area (TPSA) is 38.7 Å². The lowest BCUT2D eigenvalue weighted by Gasteiger charge is -2.04. The molecule has 0 unspecified atom stereocenters. The number of nitrogens with zero attached hydrogens (tertiary/aromatic N) is 3. The van der Waals surface area contributed by atoms with E-state index < -0.39 is 0 Å². The van der Waals surface area contributed by atoms with Gasteiger partial charge in [0.15, 0.2) is 0 Å². The molecule has 3 heterocycles. The first-order valence-corrected chi connectivity index (χ1v) is 6.62. The highest BCUT2D eigenvalue weighted by Gasteiger charge is 2.05. The maximum absolute atomic E-state index is 4.61. The molecule has 3 aromatic rings. The second-order valence-electron chi connectivity index (χ2n) is 3.98. The number of pyridine rings is 3. The molecule has 0 fully saturated rings. The van der Waals surface area contributed by atoms with Crippen molar-refractivity contribution in [2.75, 3.05) is 0 Å². The molecule has 3 nitrogen and oxygen atoms in total. The van der Waals surface area contributed by atoms with Crippen LogP contribution in [0.5, 0.6) is 0 Å². The summed E-state index contributed by atoms with van der Waals surface area (Å²) in [4.78, 5) is 13.2. The van der Waals surface area contributed by atoms with Gasteiger partial charge in [-0.2, -0.15) is 0 Å². The molecule has 92 valence electrons. The van der Waals surface area contributed by atoms with Crippen molar-refractivity contribution in [3.05, 3.63) is 65.4 Å². The highest BCUT2D eigenvalue weighted by atomic mass is 79.9. The van der Waals surface area contributed by atoms with Crippen molar-refractivity contribution in [2.24, 2.45) is 0 Å². The number of hydrogen-bond acceptors (Lipinski definition) is 3. The van der Waals surface area contributed by atoms with Crippen LogP contribution < -0.4 is 0 Å². The van der Waals surface area contributed by atoms with E-state index in [1.165, 1.54) is 0 Å². The molecule has 0 saturated heterocycles. The Hall–Kier alpha value is -2.07. The molecule has 3 rings (SSSR count). The highest BCUT2D eigenvalue weighted by Crippen LogP contribution is 2.21. The van der Waals surface area contributed by atoms with Crippen LogP contribution in [0.3, 0.4) is 0 Å². The van der Waals surface area contributed by atoms with Crippen LogP contribution in [0.1, 0.15) is 0 Å². The number of rotatable bonds is 2. The Labute approximate surface area is 119 Å². The van der Waals surface area contributed by atoms with E-state index in [4.69, 9.17) is 0 Å². The SMILES string of the molecule is Brc1ccnc(-c2cccc(-c3ccccn3)n2)c1. The van der Waals surface area contributed by atoms with E-state index in [1.807, 2.05) is 48.5 Å². The molecular weight excluding hydrogens is 302 g/mol. The Morgan fingerprint density at radius 2 is 1.42 bits per heavy atom. The molecule has 0 atom stereocenters. The van der Waals surface area contributed by atoms with E-state index in [0.29, 0.717) is 0 Å². The van der Waals surface area contributed by atoms with Gasteiger partial charge in [0.2, 0.25) is 0 Å². The Morgan fingerprint density at radius 1 is 0.684 bits per heavy atom. The zero-order valence-electron chi connectivity index (χ0n) is 9.99. The quantitative estimate of drug-likeness (QED) is 0.719. The van der Waals surface area contributed by atoms with Crippen LogP contribution in [0.4, 0.5) is 0 Å². The summed E-state index contributed by atoms with van der Waals surface area (Å²) in [6.45, 7) is 0. The third-order valence-electron chi connectivity index (χ3n) is 2.66. The average molecular weight is 312 g/mol. The molecule has 0 aliphatic heterocycles. The van der Waals surface area contributed by atoms with Gasteiger partial charge in [0, 0.05) is 16.9 Å². The zero-order valence-corrected chi connectivity index (χ0v) is 11.6. The maximum atomic E-state index is 4.61. The third-order valence-corrected chi connectivity index (χ3v) is 3.15. The summed E-state index contributed by atoms with van der Waals surface area (Å²) in [5, 5.41) is 0. The van der Waals surface area contributed by atoms with Gasteiger partial charge in [-0.05, 0) is 36.4 Å². The fraction of sp³-hybridized carbons (Fsp3) is 0. The normalized spacial score (nSPS) is 10.4. The lowest BCUT2D eigenvalue weighted by molar-refractivity contribution is 1.22. The van der Waals surface area contributed by atoms with Gasteiger partial charge in [-0.15, -0.1) is 0 Å². The van der Waals surface area contributed by atoms with Crippen molar-refractivity contribution < 1.29 is 0 Å². The summed E-state index contributed by atoms with van der Waals surface area (Å²) >= 11 is 3.44. The van der Waals surface area contributed by atoms with Gasteiger partial charge in [0.05, 0.1) is 22.8 Å². The van der Waals surface area contributed by atoms with Gasteiger partial charge >= 0.3 is 0 Å². The van der Waals surface area contributed by atoms with Crippen molar-refractivity contribution in [2.45, 2.75) is 0 Å². The molecule has 0 saturated carbocycles. The minimum absolute atomic E-state index is 0.837. The van der Waals surface area contributed by atoms with Crippen molar-refractivity contribution >= 4 is 15.9 Å². The van der Waals surface area contributed by atoms with Crippen LogP contribution in [0.25, 0.3) is 22.8 Å². The van der Waals surface area contributed by atoms with Gasteiger partial charge in [-0.25, -0.2) is 4.98 Å². The summed E-state index contributed by atoms with van der Waals surface area (Å²) < 4.78 is 0.988. The molecule has 3 aromatic heterocycles. The summed E-state index contributed by atoms with van der Waals surface area (Å²) in [5.41, 5.74) is 3.39. The second-order valence-corrected chi connectivity index (χ2v) is 4.90. The van der Waals surface area contributed by atoms with Crippen LogP contribution in [0.2, 0.25) is 0 Å². The second kappa shape index (κ2) is 5.28. The standard InChI is InChI=1S/C15H10BrN3/c16-11-7-9-18-15(10-11)14-6-3-5-13(19-14)12-4-1-2-8-17-12/h1-10H. The van der Waals surface area contributed by atoms with E-state index in [9.17, 15) is 0 Å². The van der Waals surface area contributed by atoms with Gasteiger partial charge in [0.1, 0.15) is 0 Å².